The lowest BCUT2D eigenvalue weighted by Gasteiger charge is -2.10. The number of rotatable bonds is 4. The molecule has 5 nitrogen and oxygen atoms in total. The van der Waals surface area contributed by atoms with E-state index >= 15 is 0 Å². The van der Waals surface area contributed by atoms with E-state index in [2.05, 4.69) is 16.0 Å². The molecule has 5 N–H and O–H groups in total. The van der Waals surface area contributed by atoms with E-state index in [0.717, 1.165) is 26.1 Å². The van der Waals surface area contributed by atoms with Crippen molar-refractivity contribution in [2.24, 2.45) is 5.73 Å². The number of hydrogen-bond acceptors (Lipinski definition) is 2. The molecule has 1 saturated heterocycles. The fourth-order valence-corrected chi connectivity index (χ4v) is 1.23. The van der Waals surface area contributed by atoms with Crippen LogP contribution in [0.25, 0.3) is 0 Å². The molecule has 1 radical (unpaired) electrons. The van der Waals surface area contributed by atoms with Crippen LogP contribution in [0, 0.1) is 5.41 Å². The molecule has 5 heteroatoms. The van der Waals surface area contributed by atoms with Gasteiger partial charge in [0.1, 0.15) is 0 Å². The summed E-state index contributed by atoms with van der Waals surface area (Å²) in [6.45, 7) is 3.48. The third-order valence-corrected chi connectivity index (χ3v) is 1.86. The van der Waals surface area contributed by atoms with Crippen LogP contribution in [-0.4, -0.2) is 38.2 Å². The Hall–Kier alpha value is -0.810. The zero-order valence-corrected chi connectivity index (χ0v) is 7.14. The molecular formula is C7H16N5. The summed E-state index contributed by atoms with van der Waals surface area (Å²) in [5.41, 5.74) is 5.11. The van der Waals surface area contributed by atoms with Crippen LogP contribution in [0.3, 0.4) is 0 Å². The second-order valence-electron chi connectivity index (χ2n) is 2.91. The second kappa shape index (κ2) is 4.95. The Bertz CT molecular complexity index is 141. The molecule has 1 unspecified atom stereocenters. The van der Waals surface area contributed by atoms with Gasteiger partial charge in [-0.1, -0.05) is 0 Å². The quantitative estimate of drug-likeness (QED) is 0.234. The van der Waals surface area contributed by atoms with Crippen LogP contribution in [0.2, 0.25) is 0 Å². The molecule has 0 saturated carbocycles. The highest BCUT2D eigenvalue weighted by Gasteiger charge is 2.13. The Morgan fingerprint density at radius 1 is 1.58 bits per heavy atom. The van der Waals surface area contributed by atoms with Gasteiger partial charge in [0.2, 0.25) is 0 Å². The minimum Gasteiger partial charge on any atom is -0.370 e. The van der Waals surface area contributed by atoms with Crippen LogP contribution >= 0.6 is 0 Å². The molecular weight excluding hydrogens is 154 g/mol. The predicted octanol–water partition coefficient (Wildman–Crippen LogP) is -1.56. The van der Waals surface area contributed by atoms with Gasteiger partial charge in [-0.3, -0.25) is 5.41 Å². The van der Waals surface area contributed by atoms with E-state index in [1.807, 2.05) is 0 Å². The van der Waals surface area contributed by atoms with Crippen molar-refractivity contribution in [3.05, 3.63) is 0 Å². The average molecular weight is 170 g/mol. The summed E-state index contributed by atoms with van der Waals surface area (Å²) in [6, 6.07) is 0.541. The van der Waals surface area contributed by atoms with Gasteiger partial charge in [-0.25, -0.2) is 5.32 Å². The largest absolute Gasteiger partial charge is 0.370 e. The van der Waals surface area contributed by atoms with Crippen molar-refractivity contribution >= 4 is 5.96 Å². The molecule has 1 heterocycles. The lowest BCUT2D eigenvalue weighted by molar-refractivity contribution is 0.545. The number of nitrogens with one attached hydrogen (secondary N) is 3. The molecule has 1 fully saturated rings. The molecule has 1 aliphatic heterocycles. The van der Waals surface area contributed by atoms with Gasteiger partial charge < -0.3 is 16.4 Å². The Balaban J connectivity index is 1.91. The van der Waals surface area contributed by atoms with Crippen molar-refractivity contribution in [1.82, 2.24) is 16.0 Å². The Morgan fingerprint density at radius 2 is 2.42 bits per heavy atom. The van der Waals surface area contributed by atoms with E-state index in [4.69, 9.17) is 11.1 Å². The fraction of sp³-hybridized carbons (Fsp3) is 0.857. The molecule has 0 bridgehead atoms. The summed E-state index contributed by atoms with van der Waals surface area (Å²) in [4.78, 5) is 0. The normalized spacial score (nSPS) is 22.5. The SMILES string of the molecule is N=C(N)NCCNC1CC[N]C1. The minimum absolute atomic E-state index is 0.0351. The Kier molecular flexibility index (Phi) is 3.83. The van der Waals surface area contributed by atoms with E-state index in [-0.39, 0.29) is 5.96 Å². The standard InChI is InChI=1S/C7H16N5/c8-7(9)12-4-3-11-6-1-2-10-5-6/h6,11H,1-5H2,(H4,8,9,12). The fourth-order valence-electron chi connectivity index (χ4n) is 1.23. The molecule has 69 valence electrons. The zero-order valence-electron chi connectivity index (χ0n) is 7.14. The molecule has 0 amide bonds. The first kappa shape index (κ1) is 9.28. The Morgan fingerprint density at radius 3 is 3.00 bits per heavy atom. The van der Waals surface area contributed by atoms with E-state index in [1.165, 1.54) is 0 Å². The molecule has 12 heavy (non-hydrogen) atoms. The molecule has 0 spiro atoms. The summed E-state index contributed by atoms with van der Waals surface area (Å²) in [5.74, 6) is 0.0351. The summed E-state index contributed by atoms with van der Waals surface area (Å²) in [7, 11) is 0. The number of hydrogen-bond donors (Lipinski definition) is 4. The maximum absolute atomic E-state index is 6.90. The summed E-state index contributed by atoms with van der Waals surface area (Å²) >= 11 is 0. The highest BCUT2D eigenvalue weighted by atomic mass is 15.1. The van der Waals surface area contributed by atoms with Crippen molar-refractivity contribution in [2.45, 2.75) is 12.5 Å². The number of guanidine groups is 1. The van der Waals surface area contributed by atoms with Crippen LogP contribution in [0.1, 0.15) is 6.42 Å². The van der Waals surface area contributed by atoms with Crippen molar-refractivity contribution in [3.63, 3.8) is 0 Å². The van der Waals surface area contributed by atoms with E-state index in [1.54, 1.807) is 0 Å². The molecule has 0 aromatic carbocycles. The average Bonchev–Trinajstić information content (AvgIpc) is 2.49. The zero-order chi connectivity index (χ0) is 8.81. The van der Waals surface area contributed by atoms with Crippen molar-refractivity contribution in [3.8, 4) is 0 Å². The lowest BCUT2D eigenvalue weighted by Crippen LogP contribution is -2.39. The summed E-state index contributed by atoms with van der Waals surface area (Å²) in [5, 5.41) is 17.2. The molecule has 1 aliphatic rings. The summed E-state index contributed by atoms with van der Waals surface area (Å²) < 4.78 is 0. The molecule has 1 rings (SSSR count). The first-order valence-electron chi connectivity index (χ1n) is 4.23. The molecule has 1 atom stereocenters. The number of nitrogens with zero attached hydrogens (tertiary/aromatic N) is 1. The third-order valence-electron chi connectivity index (χ3n) is 1.86. The highest BCUT2D eigenvalue weighted by molar-refractivity contribution is 5.74. The van der Waals surface area contributed by atoms with Crippen molar-refractivity contribution < 1.29 is 0 Å². The van der Waals surface area contributed by atoms with Gasteiger partial charge in [0.05, 0.1) is 0 Å². The number of nitrogens with two attached hydrogens (primary N) is 1. The van der Waals surface area contributed by atoms with Crippen LogP contribution in [0.5, 0.6) is 0 Å². The van der Waals surface area contributed by atoms with Crippen LogP contribution in [0.15, 0.2) is 0 Å². The minimum atomic E-state index is 0.0351. The lowest BCUT2D eigenvalue weighted by atomic mass is 10.2. The van der Waals surface area contributed by atoms with Crippen LogP contribution in [-0.2, 0) is 0 Å². The van der Waals surface area contributed by atoms with Gasteiger partial charge in [-0.2, -0.15) is 0 Å². The van der Waals surface area contributed by atoms with Gasteiger partial charge in [0, 0.05) is 32.2 Å². The van der Waals surface area contributed by atoms with Gasteiger partial charge in [0.25, 0.3) is 0 Å². The summed E-state index contributed by atoms with van der Waals surface area (Å²) in [6.07, 6.45) is 1.14. The van der Waals surface area contributed by atoms with Crippen LogP contribution in [0.4, 0.5) is 0 Å². The van der Waals surface area contributed by atoms with Crippen LogP contribution < -0.4 is 21.7 Å². The highest BCUT2D eigenvalue weighted by Crippen LogP contribution is 1.97. The maximum Gasteiger partial charge on any atom is 0.185 e. The smallest absolute Gasteiger partial charge is 0.185 e. The van der Waals surface area contributed by atoms with Gasteiger partial charge in [-0.05, 0) is 6.42 Å². The third kappa shape index (κ3) is 3.54. The van der Waals surface area contributed by atoms with E-state index < -0.39 is 0 Å². The van der Waals surface area contributed by atoms with Gasteiger partial charge in [0.15, 0.2) is 5.96 Å². The second-order valence-corrected chi connectivity index (χ2v) is 2.91. The maximum atomic E-state index is 6.90. The first-order valence-corrected chi connectivity index (χ1v) is 4.23. The van der Waals surface area contributed by atoms with E-state index in [0.29, 0.717) is 12.6 Å². The van der Waals surface area contributed by atoms with Crippen molar-refractivity contribution in [2.75, 3.05) is 26.2 Å². The molecule has 0 aromatic rings. The van der Waals surface area contributed by atoms with Gasteiger partial charge >= 0.3 is 0 Å². The predicted molar refractivity (Wildman–Crippen MR) is 48.2 cm³/mol. The first-order chi connectivity index (χ1) is 5.79. The van der Waals surface area contributed by atoms with E-state index in [9.17, 15) is 0 Å². The monoisotopic (exact) mass is 170 g/mol. The molecule has 0 aromatic heterocycles. The van der Waals surface area contributed by atoms with Crippen molar-refractivity contribution in [1.29, 1.82) is 5.41 Å². The topological polar surface area (TPSA) is 88.0 Å². The van der Waals surface area contributed by atoms with Gasteiger partial charge in [-0.15, -0.1) is 0 Å². The molecule has 0 aliphatic carbocycles. The Labute approximate surface area is 72.6 Å².